The maximum atomic E-state index is 13.5. The third-order valence-corrected chi connectivity index (χ3v) is 6.46. The molecular formula is C19H20N4O3S. The van der Waals surface area contributed by atoms with E-state index < -0.39 is 10.0 Å². The summed E-state index contributed by atoms with van der Waals surface area (Å²) in [6.45, 7) is 0.310. The van der Waals surface area contributed by atoms with Gasteiger partial charge in [0, 0.05) is 37.4 Å². The Bertz CT molecular complexity index is 1020. The Labute approximate surface area is 158 Å². The fourth-order valence-electron chi connectivity index (χ4n) is 3.00. The molecular weight excluding hydrogens is 364 g/mol. The summed E-state index contributed by atoms with van der Waals surface area (Å²) in [4.78, 5) is 4.16. The highest BCUT2D eigenvalue weighted by Gasteiger charge is 2.39. The van der Waals surface area contributed by atoms with Crippen molar-refractivity contribution in [1.29, 1.82) is 0 Å². The Hall–Kier alpha value is -2.71. The lowest BCUT2D eigenvalue weighted by Crippen LogP contribution is -2.33. The van der Waals surface area contributed by atoms with Crippen molar-refractivity contribution in [2.75, 3.05) is 7.11 Å². The molecule has 0 unspecified atom stereocenters. The Morgan fingerprint density at radius 2 is 1.96 bits per heavy atom. The average molecular weight is 384 g/mol. The molecule has 0 radical (unpaired) electrons. The highest BCUT2D eigenvalue weighted by molar-refractivity contribution is 7.89. The lowest BCUT2D eigenvalue weighted by Gasteiger charge is -2.23. The summed E-state index contributed by atoms with van der Waals surface area (Å²) in [5, 5.41) is 4.19. The summed E-state index contributed by atoms with van der Waals surface area (Å²) in [7, 11) is -2.27. The zero-order valence-electron chi connectivity index (χ0n) is 14.9. The number of methoxy groups -OCH3 is 1. The predicted molar refractivity (Wildman–Crippen MR) is 100 cm³/mol. The maximum Gasteiger partial charge on any atom is 0.247 e. The van der Waals surface area contributed by atoms with Crippen molar-refractivity contribution < 1.29 is 13.2 Å². The van der Waals surface area contributed by atoms with Gasteiger partial charge in [-0.15, -0.1) is 0 Å². The van der Waals surface area contributed by atoms with Gasteiger partial charge in [0.05, 0.1) is 12.8 Å². The van der Waals surface area contributed by atoms with E-state index in [1.54, 1.807) is 58.0 Å². The molecule has 2 aromatic heterocycles. The molecule has 27 heavy (non-hydrogen) atoms. The number of sulfonamides is 1. The van der Waals surface area contributed by atoms with Crippen molar-refractivity contribution in [3.05, 3.63) is 66.7 Å². The van der Waals surface area contributed by atoms with Crippen LogP contribution in [0.2, 0.25) is 0 Å². The number of rotatable bonds is 7. The summed E-state index contributed by atoms with van der Waals surface area (Å²) < 4.78 is 35.6. The number of benzene rings is 1. The van der Waals surface area contributed by atoms with Gasteiger partial charge in [-0.2, -0.15) is 9.40 Å². The van der Waals surface area contributed by atoms with Crippen LogP contribution in [0.15, 0.2) is 66.1 Å². The number of hydrogen-bond acceptors (Lipinski definition) is 5. The van der Waals surface area contributed by atoms with Crippen molar-refractivity contribution in [2.24, 2.45) is 0 Å². The summed E-state index contributed by atoms with van der Waals surface area (Å²) in [6, 6.07) is 10.5. The highest BCUT2D eigenvalue weighted by atomic mass is 32.2. The van der Waals surface area contributed by atoms with E-state index in [9.17, 15) is 8.42 Å². The van der Waals surface area contributed by atoms with Crippen molar-refractivity contribution in [2.45, 2.75) is 30.3 Å². The maximum absolute atomic E-state index is 13.5. The van der Waals surface area contributed by atoms with Gasteiger partial charge in [-0.05, 0) is 54.8 Å². The summed E-state index contributed by atoms with van der Waals surface area (Å²) in [6.07, 6.45) is 8.50. The summed E-state index contributed by atoms with van der Waals surface area (Å²) >= 11 is 0. The minimum absolute atomic E-state index is 0.0150. The largest absolute Gasteiger partial charge is 0.495 e. The Kier molecular flexibility index (Phi) is 4.67. The van der Waals surface area contributed by atoms with E-state index in [0.29, 0.717) is 18.0 Å². The minimum atomic E-state index is -3.75. The number of pyridine rings is 1. The molecule has 1 fully saturated rings. The fraction of sp³-hybridized carbons (Fsp3) is 0.263. The van der Waals surface area contributed by atoms with E-state index in [4.69, 9.17) is 4.74 Å². The van der Waals surface area contributed by atoms with Crippen LogP contribution < -0.4 is 4.74 Å². The van der Waals surface area contributed by atoms with Gasteiger partial charge in [0.15, 0.2) is 0 Å². The lowest BCUT2D eigenvalue weighted by molar-refractivity contribution is 0.381. The Morgan fingerprint density at radius 1 is 1.19 bits per heavy atom. The van der Waals surface area contributed by atoms with Gasteiger partial charge in [-0.25, -0.2) is 13.1 Å². The molecule has 3 aromatic rings. The van der Waals surface area contributed by atoms with Gasteiger partial charge in [0.1, 0.15) is 10.6 Å². The van der Waals surface area contributed by atoms with Gasteiger partial charge in [0.2, 0.25) is 10.0 Å². The van der Waals surface area contributed by atoms with E-state index in [0.717, 1.165) is 18.4 Å². The number of hydrogen-bond donors (Lipinski definition) is 0. The minimum Gasteiger partial charge on any atom is -0.495 e. The van der Waals surface area contributed by atoms with Crippen LogP contribution in [0.25, 0.3) is 5.69 Å². The average Bonchev–Trinajstić information content (AvgIpc) is 3.38. The van der Waals surface area contributed by atoms with Crippen LogP contribution in [0.3, 0.4) is 0 Å². The molecule has 7 nitrogen and oxygen atoms in total. The Balaban J connectivity index is 1.76. The van der Waals surface area contributed by atoms with Gasteiger partial charge >= 0.3 is 0 Å². The van der Waals surface area contributed by atoms with Crippen molar-refractivity contribution >= 4 is 10.0 Å². The third kappa shape index (κ3) is 3.58. The van der Waals surface area contributed by atoms with Crippen molar-refractivity contribution in [3.63, 3.8) is 0 Å². The lowest BCUT2D eigenvalue weighted by atomic mass is 10.3. The predicted octanol–water partition coefficient (Wildman–Crippen LogP) is 2.63. The first-order valence-electron chi connectivity index (χ1n) is 8.68. The molecule has 1 aromatic carbocycles. The number of ether oxygens (including phenoxy) is 1. The van der Waals surface area contributed by atoms with Crippen LogP contribution >= 0.6 is 0 Å². The van der Waals surface area contributed by atoms with Crippen LogP contribution in [0.4, 0.5) is 0 Å². The second-order valence-corrected chi connectivity index (χ2v) is 8.28. The standard InChI is InChI=1S/C19H20N4O3S/c1-26-18-6-5-17(22-12-2-9-21-22)13-19(18)27(24,25)23(16-3-4-16)14-15-7-10-20-11-8-15/h2,5-13,16H,3-4,14H2,1H3. The Morgan fingerprint density at radius 3 is 2.59 bits per heavy atom. The molecule has 1 saturated carbocycles. The first kappa shape index (κ1) is 17.7. The van der Waals surface area contributed by atoms with E-state index in [1.165, 1.54) is 7.11 Å². The molecule has 2 heterocycles. The van der Waals surface area contributed by atoms with E-state index in [1.807, 2.05) is 12.1 Å². The SMILES string of the molecule is COc1ccc(-n2cccn2)cc1S(=O)(=O)N(Cc1ccncc1)C1CC1. The van der Waals surface area contributed by atoms with Gasteiger partial charge in [0.25, 0.3) is 0 Å². The van der Waals surface area contributed by atoms with Crippen LogP contribution in [-0.2, 0) is 16.6 Å². The van der Waals surface area contributed by atoms with Crippen LogP contribution in [0.5, 0.6) is 5.75 Å². The molecule has 0 spiro atoms. The second kappa shape index (κ2) is 7.13. The molecule has 1 aliphatic rings. The zero-order valence-corrected chi connectivity index (χ0v) is 15.7. The van der Waals surface area contributed by atoms with Crippen LogP contribution in [0, 0.1) is 0 Å². The third-order valence-electron chi connectivity index (χ3n) is 4.54. The van der Waals surface area contributed by atoms with Gasteiger partial charge < -0.3 is 4.74 Å². The summed E-state index contributed by atoms with van der Waals surface area (Å²) in [5.41, 5.74) is 1.57. The first-order chi connectivity index (χ1) is 13.1. The van der Waals surface area contributed by atoms with Crippen molar-refractivity contribution in [3.8, 4) is 11.4 Å². The molecule has 0 N–H and O–H groups in total. The topological polar surface area (TPSA) is 77.3 Å². The highest BCUT2D eigenvalue weighted by Crippen LogP contribution is 2.37. The number of nitrogens with zero attached hydrogens (tertiary/aromatic N) is 4. The smallest absolute Gasteiger partial charge is 0.247 e. The summed E-state index contributed by atoms with van der Waals surface area (Å²) in [5.74, 6) is 0.325. The second-order valence-electron chi connectivity index (χ2n) is 6.42. The van der Waals surface area contributed by atoms with E-state index >= 15 is 0 Å². The quantitative estimate of drug-likeness (QED) is 0.626. The van der Waals surface area contributed by atoms with Crippen molar-refractivity contribution in [1.82, 2.24) is 19.1 Å². The molecule has 0 amide bonds. The van der Waals surface area contributed by atoms with E-state index in [-0.39, 0.29) is 10.9 Å². The molecule has 4 rings (SSSR count). The monoisotopic (exact) mass is 384 g/mol. The number of aromatic nitrogens is 3. The van der Waals surface area contributed by atoms with Crippen LogP contribution in [0.1, 0.15) is 18.4 Å². The molecule has 0 bridgehead atoms. The molecule has 140 valence electrons. The van der Waals surface area contributed by atoms with Gasteiger partial charge in [-0.3, -0.25) is 4.98 Å². The molecule has 8 heteroatoms. The fourth-order valence-corrected chi connectivity index (χ4v) is 4.85. The normalized spacial score (nSPS) is 14.4. The first-order valence-corrected chi connectivity index (χ1v) is 10.1. The zero-order chi connectivity index (χ0) is 18.9. The van der Waals surface area contributed by atoms with E-state index in [2.05, 4.69) is 10.1 Å². The van der Waals surface area contributed by atoms with Gasteiger partial charge in [-0.1, -0.05) is 0 Å². The molecule has 0 atom stereocenters. The molecule has 0 saturated heterocycles. The van der Waals surface area contributed by atoms with Crippen LogP contribution in [-0.4, -0.2) is 40.6 Å². The molecule has 0 aliphatic heterocycles. The molecule has 1 aliphatic carbocycles.